The highest BCUT2D eigenvalue weighted by Gasteiger charge is 2.13. The summed E-state index contributed by atoms with van der Waals surface area (Å²) in [5, 5.41) is 0. The maximum Gasteiger partial charge on any atom is 0.158 e. The Morgan fingerprint density at radius 3 is 1.74 bits per heavy atom. The van der Waals surface area contributed by atoms with E-state index in [-0.39, 0.29) is 17.3 Å². The van der Waals surface area contributed by atoms with Crippen LogP contribution in [-0.2, 0) is 21.3 Å². The molecule has 2 aromatic carbocycles. The molecule has 0 saturated heterocycles. The van der Waals surface area contributed by atoms with Crippen molar-refractivity contribution in [1.29, 1.82) is 0 Å². The summed E-state index contributed by atoms with van der Waals surface area (Å²) in [5.41, 5.74) is 7.41. The van der Waals surface area contributed by atoms with Crippen LogP contribution in [0.2, 0.25) is 0 Å². The van der Waals surface area contributed by atoms with Gasteiger partial charge in [0.2, 0.25) is 0 Å². The van der Waals surface area contributed by atoms with E-state index in [0.717, 1.165) is 0 Å². The minimum Gasteiger partial charge on any atom is -0.399 e. The van der Waals surface area contributed by atoms with Crippen LogP contribution in [0.3, 0.4) is 0 Å². The molecule has 0 unspecified atom stereocenters. The van der Waals surface area contributed by atoms with Gasteiger partial charge in [-0.25, -0.2) is 12.8 Å². The third kappa shape index (κ3) is 4.06. The Labute approximate surface area is 111 Å². The van der Waals surface area contributed by atoms with Crippen molar-refractivity contribution in [2.24, 2.45) is 0 Å². The van der Waals surface area contributed by atoms with E-state index < -0.39 is 9.84 Å². The molecule has 2 N–H and O–H groups in total. The second-order valence-corrected chi connectivity index (χ2v) is 6.46. The van der Waals surface area contributed by atoms with Crippen molar-refractivity contribution >= 4 is 15.5 Å². The lowest BCUT2D eigenvalue weighted by Crippen LogP contribution is -2.07. The SMILES string of the molecule is Nc1ccc(CS(=O)(=O)Cc2ccc(F)cc2)cc1. The molecule has 0 aliphatic carbocycles. The van der Waals surface area contributed by atoms with Gasteiger partial charge in [-0.15, -0.1) is 0 Å². The Hall–Kier alpha value is -1.88. The molecule has 0 spiro atoms. The van der Waals surface area contributed by atoms with Crippen LogP contribution in [-0.4, -0.2) is 8.42 Å². The fourth-order valence-electron chi connectivity index (χ4n) is 1.75. The van der Waals surface area contributed by atoms with Gasteiger partial charge in [0.15, 0.2) is 9.84 Å². The Morgan fingerprint density at radius 2 is 1.26 bits per heavy atom. The highest BCUT2D eigenvalue weighted by Crippen LogP contribution is 2.14. The fraction of sp³-hybridized carbons (Fsp3) is 0.143. The van der Waals surface area contributed by atoms with E-state index in [1.54, 1.807) is 24.3 Å². The Kier molecular flexibility index (Phi) is 3.85. The molecule has 0 heterocycles. The highest BCUT2D eigenvalue weighted by molar-refractivity contribution is 7.89. The third-order valence-corrected chi connectivity index (χ3v) is 4.21. The largest absolute Gasteiger partial charge is 0.399 e. The number of halogens is 1. The molecule has 0 aliphatic heterocycles. The van der Waals surface area contributed by atoms with Gasteiger partial charge in [-0.1, -0.05) is 24.3 Å². The zero-order valence-electron chi connectivity index (χ0n) is 10.2. The summed E-state index contributed by atoms with van der Waals surface area (Å²) in [6.45, 7) is 0. The summed E-state index contributed by atoms with van der Waals surface area (Å²) in [4.78, 5) is 0. The summed E-state index contributed by atoms with van der Waals surface area (Å²) in [7, 11) is -3.28. The minimum atomic E-state index is -3.28. The number of sulfone groups is 1. The fourth-order valence-corrected chi connectivity index (χ4v) is 3.26. The van der Waals surface area contributed by atoms with Gasteiger partial charge in [0.25, 0.3) is 0 Å². The first-order chi connectivity index (χ1) is 8.94. The number of anilines is 1. The zero-order chi connectivity index (χ0) is 13.9. The van der Waals surface area contributed by atoms with Gasteiger partial charge in [0.1, 0.15) is 5.82 Å². The van der Waals surface area contributed by atoms with E-state index in [1.165, 1.54) is 24.3 Å². The van der Waals surface area contributed by atoms with E-state index in [4.69, 9.17) is 5.73 Å². The molecule has 2 rings (SSSR count). The predicted octanol–water partition coefficient (Wildman–Crippen LogP) is 2.52. The molecule has 0 aliphatic rings. The Morgan fingerprint density at radius 1 is 0.842 bits per heavy atom. The van der Waals surface area contributed by atoms with Gasteiger partial charge < -0.3 is 5.73 Å². The molecule has 0 amide bonds. The Bertz CT molecular complexity index is 595. The molecule has 5 heteroatoms. The van der Waals surface area contributed by atoms with Gasteiger partial charge in [-0.2, -0.15) is 0 Å². The van der Waals surface area contributed by atoms with Gasteiger partial charge in [0, 0.05) is 5.69 Å². The highest BCUT2D eigenvalue weighted by atomic mass is 32.2. The van der Waals surface area contributed by atoms with Crippen LogP contribution in [0.5, 0.6) is 0 Å². The monoisotopic (exact) mass is 279 g/mol. The van der Waals surface area contributed by atoms with Gasteiger partial charge in [-0.3, -0.25) is 0 Å². The van der Waals surface area contributed by atoms with Gasteiger partial charge in [0.05, 0.1) is 11.5 Å². The zero-order valence-corrected chi connectivity index (χ0v) is 11.0. The normalized spacial score (nSPS) is 11.4. The quantitative estimate of drug-likeness (QED) is 0.875. The first-order valence-electron chi connectivity index (χ1n) is 5.74. The van der Waals surface area contributed by atoms with Crippen molar-refractivity contribution in [2.75, 3.05) is 5.73 Å². The van der Waals surface area contributed by atoms with Crippen molar-refractivity contribution in [3.63, 3.8) is 0 Å². The van der Waals surface area contributed by atoms with Crippen LogP contribution in [0.25, 0.3) is 0 Å². The molecule has 0 radical (unpaired) electrons. The Balaban J connectivity index is 2.10. The molecular formula is C14H14FNO2S. The maximum absolute atomic E-state index is 12.7. The topological polar surface area (TPSA) is 60.2 Å². The van der Waals surface area contributed by atoms with Crippen LogP contribution in [0.15, 0.2) is 48.5 Å². The average molecular weight is 279 g/mol. The number of nitrogen functional groups attached to an aromatic ring is 1. The molecule has 0 saturated carbocycles. The van der Waals surface area contributed by atoms with Crippen LogP contribution < -0.4 is 5.73 Å². The molecule has 3 nitrogen and oxygen atoms in total. The van der Waals surface area contributed by atoms with E-state index in [9.17, 15) is 12.8 Å². The number of rotatable bonds is 4. The van der Waals surface area contributed by atoms with E-state index in [1.807, 2.05) is 0 Å². The van der Waals surface area contributed by atoms with Crippen molar-refractivity contribution in [3.8, 4) is 0 Å². The van der Waals surface area contributed by atoms with E-state index in [2.05, 4.69) is 0 Å². The average Bonchev–Trinajstić information content (AvgIpc) is 2.34. The second kappa shape index (κ2) is 5.40. The van der Waals surface area contributed by atoms with Crippen molar-refractivity contribution in [1.82, 2.24) is 0 Å². The minimum absolute atomic E-state index is 0.0509. The molecule has 19 heavy (non-hydrogen) atoms. The van der Waals surface area contributed by atoms with Crippen molar-refractivity contribution < 1.29 is 12.8 Å². The van der Waals surface area contributed by atoms with Crippen LogP contribution >= 0.6 is 0 Å². The molecule has 0 aromatic heterocycles. The second-order valence-electron chi connectivity index (χ2n) is 4.40. The number of hydrogen-bond acceptors (Lipinski definition) is 3. The molecule has 2 aromatic rings. The number of benzene rings is 2. The molecule has 0 fully saturated rings. The van der Waals surface area contributed by atoms with E-state index in [0.29, 0.717) is 16.8 Å². The van der Waals surface area contributed by atoms with E-state index >= 15 is 0 Å². The summed E-state index contributed by atoms with van der Waals surface area (Å²) < 4.78 is 36.8. The summed E-state index contributed by atoms with van der Waals surface area (Å²) >= 11 is 0. The smallest absolute Gasteiger partial charge is 0.158 e. The maximum atomic E-state index is 12.7. The number of nitrogens with two attached hydrogens (primary N) is 1. The molecule has 0 atom stereocenters. The summed E-state index contributed by atoms with van der Waals surface area (Å²) in [5.74, 6) is -0.526. The predicted molar refractivity (Wildman–Crippen MR) is 73.6 cm³/mol. The molecule has 100 valence electrons. The lowest BCUT2D eigenvalue weighted by molar-refractivity contribution is 0.594. The van der Waals surface area contributed by atoms with Crippen LogP contribution in [0.1, 0.15) is 11.1 Å². The lowest BCUT2D eigenvalue weighted by atomic mass is 10.2. The molecule has 0 bridgehead atoms. The standard InChI is InChI=1S/C14H14FNO2S/c15-13-5-1-11(2-6-13)9-19(17,18)10-12-3-7-14(16)8-4-12/h1-8H,9-10,16H2. The third-order valence-electron chi connectivity index (χ3n) is 2.67. The lowest BCUT2D eigenvalue weighted by Gasteiger charge is -2.05. The van der Waals surface area contributed by atoms with Gasteiger partial charge >= 0.3 is 0 Å². The first kappa shape index (κ1) is 13.5. The van der Waals surface area contributed by atoms with Crippen LogP contribution in [0.4, 0.5) is 10.1 Å². The van der Waals surface area contributed by atoms with Crippen molar-refractivity contribution in [2.45, 2.75) is 11.5 Å². The summed E-state index contributed by atoms with van der Waals surface area (Å²) in [6, 6.07) is 12.2. The van der Waals surface area contributed by atoms with Crippen LogP contribution in [0, 0.1) is 5.82 Å². The summed E-state index contributed by atoms with van der Waals surface area (Å²) in [6.07, 6.45) is 0. The molecular weight excluding hydrogens is 265 g/mol. The number of hydrogen-bond donors (Lipinski definition) is 1. The van der Waals surface area contributed by atoms with Gasteiger partial charge in [-0.05, 0) is 35.4 Å². The first-order valence-corrected chi connectivity index (χ1v) is 7.56. The van der Waals surface area contributed by atoms with Crippen molar-refractivity contribution in [3.05, 3.63) is 65.5 Å².